The van der Waals surface area contributed by atoms with E-state index in [-0.39, 0.29) is 17.9 Å². The van der Waals surface area contributed by atoms with Crippen LogP contribution < -0.4 is 0 Å². The van der Waals surface area contributed by atoms with Crippen molar-refractivity contribution in [3.63, 3.8) is 0 Å². The number of hydrogen-bond acceptors (Lipinski definition) is 3. The van der Waals surface area contributed by atoms with Crippen molar-refractivity contribution in [2.24, 2.45) is 22.2 Å². The van der Waals surface area contributed by atoms with E-state index < -0.39 is 0 Å². The Bertz CT molecular complexity index is 613. The smallest absolute Gasteiger partial charge is 0.242 e. The molecule has 0 aromatic heterocycles. The van der Waals surface area contributed by atoms with Crippen molar-refractivity contribution >= 4 is 11.8 Å². The maximum absolute atomic E-state index is 13.8. The van der Waals surface area contributed by atoms with Crippen molar-refractivity contribution in [2.45, 2.75) is 58.8 Å². The van der Waals surface area contributed by atoms with Gasteiger partial charge in [0.2, 0.25) is 11.8 Å². The van der Waals surface area contributed by atoms with Crippen LogP contribution in [0.3, 0.4) is 0 Å². The zero-order valence-electron chi connectivity index (χ0n) is 17.7. The van der Waals surface area contributed by atoms with Crippen LogP contribution in [0.5, 0.6) is 0 Å². The highest BCUT2D eigenvalue weighted by molar-refractivity contribution is 5.89. The topological polar surface area (TPSA) is 43.9 Å². The van der Waals surface area contributed by atoms with Crippen molar-refractivity contribution in [1.82, 2.24) is 14.7 Å². The number of likely N-dealkylation sites (N-methyl/N-ethyl adjacent to an activating group) is 1. The van der Waals surface area contributed by atoms with E-state index in [0.717, 1.165) is 51.9 Å². The molecule has 5 fully saturated rings. The molecule has 1 saturated heterocycles. The molecule has 2 unspecified atom stereocenters. The molecule has 152 valence electrons. The summed E-state index contributed by atoms with van der Waals surface area (Å²) in [5, 5.41) is 0. The molecule has 0 aromatic rings. The second-order valence-corrected chi connectivity index (χ2v) is 11.2. The summed E-state index contributed by atoms with van der Waals surface area (Å²) in [6, 6.07) is 0. The number of amides is 2. The molecule has 0 aromatic carbocycles. The average Bonchev–Trinajstić information content (AvgIpc) is 2.70. The van der Waals surface area contributed by atoms with Gasteiger partial charge in [-0.15, -0.1) is 0 Å². The lowest BCUT2D eigenvalue weighted by atomic mass is 9.40. The molecule has 5 aliphatic rings. The highest BCUT2D eigenvalue weighted by Gasteiger charge is 2.63. The molecule has 1 aliphatic heterocycles. The number of carbonyl (C=O) groups is 2. The van der Waals surface area contributed by atoms with Crippen LogP contribution in [0.2, 0.25) is 0 Å². The first-order valence-electron chi connectivity index (χ1n) is 10.8. The minimum Gasteiger partial charge on any atom is -0.340 e. The zero-order valence-corrected chi connectivity index (χ0v) is 17.7. The van der Waals surface area contributed by atoms with E-state index in [1.807, 2.05) is 23.9 Å². The molecule has 5 nitrogen and oxygen atoms in total. The molecule has 2 atom stereocenters. The maximum atomic E-state index is 13.8. The predicted octanol–water partition coefficient (Wildman–Crippen LogP) is 2.61. The van der Waals surface area contributed by atoms with Crippen LogP contribution in [-0.4, -0.2) is 73.3 Å². The summed E-state index contributed by atoms with van der Waals surface area (Å²) in [5.41, 5.74) is 0.469. The average molecular weight is 376 g/mol. The highest BCUT2D eigenvalue weighted by Crippen LogP contribution is 2.69. The van der Waals surface area contributed by atoms with Crippen LogP contribution in [-0.2, 0) is 9.59 Å². The Morgan fingerprint density at radius 1 is 1.07 bits per heavy atom. The van der Waals surface area contributed by atoms with Crippen LogP contribution >= 0.6 is 0 Å². The van der Waals surface area contributed by atoms with Gasteiger partial charge in [0.25, 0.3) is 0 Å². The summed E-state index contributed by atoms with van der Waals surface area (Å²) in [7, 11) is 4.07. The lowest BCUT2D eigenvalue weighted by Crippen LogP contribution is -2.60. The fourth-order valence-corrected chi connectivity index (χ4v) is 7.67. The lowest BCUT2D eigenvalue weighted by Gasteiger charge is -2.65. The summed E-state index contributed by atoms with van der Waals surface area (Å²) in [6.07, 6.45) is 7.93. The molecule has 1 heterocycles. The SMILES string of the molecule is CN(C)CCN1CCCN(C(=O)C23CC4CC(C)(CC(C)(C4)C2)C3)CC1=O. The second-order valence-electron chi connectivity index (χ2n) is 11.2. The van der Waals surface area contributed by atoms with Gasteiger partial charge >= 0.3 is 0 Å². The highest BCUT2D eigenvalue weighted by atomic mass is 16.2. The van der Waals surface area contributed by atoms with Gasteiger partial charge in [-0.25, -0.2) is 0 Å². The fourth-order valence-electron chi connectivity index (χ4n) is 7.67. The quantitative estimate of drug-likeness (QED) is 0.759. The molecule has 4 bridgehead atoms. The minimum atomic E-state index is -0.192. The molecule has 0 N–H and O–H groups in total. The van der Waals surface area contributed by atoms with Gasteiger partial charge in [0, 0.05) is 26.2 Å². The monoisotopic (exact) mass is 375 g/mol. The van der Waals surface area contributed by atoms with E-state index in [1.54, 1.807) is 0 Å². The standard InChI is InChI=1S/C22H37N3O2/c1-20-10-17-11-21(2,14-20)16-22(12-17,15-20)19(27)25-7-5-6-24(18(26)13-25)9-8-23(3)4/h17H,5-16H2,1-4H3. The Morgan fingerprint density at radius 2 is 1.74 bits per heavy atom. The van der Waals surface area contributed by atoms with Gasteiger partial charge in [-0.1, -0.05) is 13.8 Å². The van der Waals surface area contributed by atoms with E-state index in [0.29, 0.717) is 22.7 Å². The Morgan fingerprint density at radius 3 is 2.33 bits per heavy atom. The normalized spacial score (nSPS) is 41.4. The van der Waals surface area contributed by atoms with Gasteiger partial charge in [-0.3, -0.25) is 9.59 Å². The maximum Gasteiger partial charge on any atom is 0.242 e. The molecule has 0 spiro atoms. The first kappa shape index (κ1) is 19.2. The van der Waals surface area contributed by atoms with Gasteiger partial charge in [0.1, 0.15) is 0 Å². The zero-order chi connectivity index (χ0) is 19.4. The number of nitrogens with zero attached hydrogens (tertiary/aromatic N) is 3. The lowest BCUT2D eigenvalue weighted by molar-refractivity contribution is -0.179. The number of rotatable bonds is 4. The summed E-state index contributed by atoms with van der Waals surface area (Å²) in [6.45, 7) is 8.26. The molecular formula is C22H37N3O2. The van der Waals surface area contributed by atoms with Gasteiger partial charge in [-0.2, -0.15) is 0 Å². The van der Waals surface area contributed by atoms with Gasteiger partial charge in [-0.05, 0) is 75.8 Å². The Balaban J connectivity index is 1.49. The molecule has 2 amide bonds. The first-order chi connectivity index (χ1) is 12.6. The first-order valence-corrected chi connectivity index (χ1v) is 10.8. The third-order valence-electron chi connectivity index (χ3n) is 7.72. The van der Waals surface area contributed by atoms with Crippen molar-refractivity contribution in [1.29, 1.82) is 0 Å². The van der Waals surface area contributed by atoms with Crippen molar-refractivity contribution in [2.75, 3.05) is 46.8 Å². The largest absolute Gasteiger partial charge is 0.340 e. The summed E-state index contributed by atoms with van der Waals surface area (Å²) in [4.78, 5) is 32.6. The minimum absolute atomic E-state index is 0.129. The van der Waals surface area contributed by atoms with Crippen LogP contribution in [0.4, 0.5) is 0 Å². The third-order valence-corrected chi connectivity index (χ3v) is 7.72. The molecule has 4 saturated carbocycles. The number of carbonyl (C=O) groups excluding carboxylic acids is 2. The van der Waals surface area contributed by atoms with Crippen molar-refractivity contribution in [3.8, 4) is 0 Å². The van der Waals surface area contributed by atoms with E-state index in [9.17, 15) is 9.59 Å². The van der Waals surface area contributed by atoms with Crippen LogP contribution in [0, 0.1) is 22.2 Å². The Kier molecular flexibility index (Phi) is 4.60. The van der Waals surface area contributed by atoms with Crippen LogP contribution in [0.25, 0.3) is 0 Å². The summed E-state index contributed by atoms with van der Waals surface area (Å²) >= 11 is 0. The molecular weight excluding hydrogens is 338 g/mol. The molecule has 27 heavy (non-hydrogen) atoms. The molecule has 5 heteroatoms. The third kappa shape index (κ3) is 3.52. The predicted molar refractivity (Wildman–Crippen MR) is 106 cm³/mol. The van der Waals surface area contributed by atoms with E-state index in [2.05, 4.69) is 18.7 Å². The molecule has 4 aliphatic carbocycles. The second kappa shape index (κ2) is 6.47. The van der Waals surface area contributed by atoms with Crippen LogP contribution in [0.1, 0.15) is 58.8 Å². The van der Waals surface area contributed by atoms with Crippen molar-refractivity contribution < 1.29 is 9.59 Å². The van der Waals surface area contributed by atoms with Gasteiger partial charge in [0.15, 0.2) is 0 Å². The van der Waals surface area contributed by atoms with E-state index >= 15 is 0 Å². The summed E-state index contributed by atoms with van der Waals surface area (Å²) in [5.74, 6) is 1.14. The van der Waals surface area contributed by atoms with E-state index in [4.69, 9.17) is 0 Å². The molecule has 0 radical (unpaired) electrons. The van der Waals surface area contributed by atoms with Crippen LogP contribution in [0.15, 0.2) is 0 Å². The summed E-state index contributed by atoms with van der Waals surface area (Å²) < 4.78 is 0. The molecule has 5 rings (SSSR count). The fraction of sp³-hybridized carbons (Fsp3) is 0.909. The van der Waals surface area contributed by atoms with Gasteiger partial charge in [0.05, 0.1) is 12.0 Å². The van der Waals surface area contributed by atoms with Crippen molar-refractivity contribution in [3.05, 3.63) is 0 Å². The van der Waals surface area contributed by atoms with E-state index in [1.165, 1.54) is 19.3 Å². The number of hydrogen-bond donors (Lipinski definition) is 0. The Labute approximate surface area is 164 Å². The van der Waals surface area contributed by atoms with Gasteiger partial charge < -0.3 is 14.7 Å². The Hall–Kier alpha value is -1.10.